The van der Waals surface area contributed by atoms with E-state index in [1.807, 2.05) is 13.8 Å². The van der Waals surface area contributed by atoms with Crippen LogP contribution in [0.2, 0.25) is 0 Å². The lowest BCUT2D eigenvalue weighted by Crippen LogP contribution is -2.40. The van der Waals surface area contributed by atoms with Crippen molar-refractivity contribution < 1.29 is 24.3 Å². The van der Waals surface area contributed by atoms with Gasteiger partial charge in [-0.15, -0.1) is 0 Å². The van der Waals surface area contributed by atoms with Crippen LogP contribution in [-0.4, -0.2) is 92.7 Å². The lowest BCUT2D eigenvalue weighted by atomic mass is 10.1. The molecule has 0 bridgehead atoms. The summed E-state index contributed by atoms with van der Waals surface area (Å²) in [6.07, 6.45) is 0.479. The molecule has 228 valence electrons. The number of nitrogen functional groups attached to an aromatic ring is 1. The number of nitrogens with two attached hydrogens (primary N) is 3. The van der Waals surface area contributed by atoms with Gasteiger partial charge in [0.15, 0.2) is 0 Å². The summed E-state index contributed by atoms with van der Waals surface area (Å²) in [7, 11) is 0. The molecule has 1 aliphatic rings. The lowest BCUT2D eigenvalue weighted by molar-refractivity contribution is -0.134. The highest BCUT2D eigenvalue weighted by atomic mass is 16.3. The molecule has 0 aliphatic carbocycles. The smallest absolute Gasteiger partial charge is 0.251 e. The summed E-state index contributed by atoms with van der Waals surface area (Å²) in [5.74, 6) is -1.76. The van der Waals surface area contributed by atoms with E-state index in [0.29, 0.717) is 35.4 Å². The van der Waals surface area contributed by atoms with Gasteiger partial charge in [-0.3, -0.25) is 29.5 Å². The number of aliphatic hydroxyl groups excluding tert-OH is 1. The van der Waals surface area contributed by atoms with Crippen LogP contribution in [-0.2, 0) is 16.1 Å². The van der Waals surface area contributed by atoms with Crippen LogP contribution in [0.1, 0.15) is 41.0 Å². The highest BCUT2D eigenvalue weighted by Crippen LogP contribution is 2.24. The van der Waals surface area contributed by atoms with Crippen LogP contribution in [0.25, 0.3) is 11.0 Å². The molecule has 1 atom stereocenters. The molecule has 2 aromatic carbocycles. The molecule has 0 fully saturated rings. The molecule has 43 heavy (non-hydrogen) atoms. The van der Waals surface area contributed by atoms with Gasteiger partial charge in [-0.05, 0) is 50.2 Å². The average molecular weight is 593 g/mol. The number of hydrazone groups is 1. The number of aromatic nitrogens is 2. The molecule has 0 radical (unpaired) electrons. The number of fused-ring (bicyclic) bond motifs is 1. The Kier molecular flexibility index (Phi) is 9.45. The number of likely N-dealkylation sites (N-methyl/N-ethyl adjacent to an activating group) is 1. The van der Waals surface area contributed by atoms with Crippen LogP contribution in [0.3, 0.4) is 0 Å². The average Bonchev–Trinajstić information content (AvgIpc) is 3.53. The molecular weight excluding hydrogens is 556 g/mol. The fraction of sp³-hybridized carbons (Fsp3) is 0.357. The maximum atomic E-state index is 13.3. The van der Waals surface area contributed by atoms with Crippen molar-refractivity contribution in [1.82, 2.24) is 19.5 Å². The van der Waals surface area contributed by atoms with E-state index in [9.17, 15) is 24.3 Å². The number of anilines is 3. The molecule has 4 rings (SSSR count). The maximum absolute atomic E-state index is 13.3. The first-order chi connectivity index (χ1) is 20.5. The minimum atomic E-state index is -0.695. The number of carbonyl (C=O) groups excluding carboxylic acids is 4. The van der Waals surface area contributed by atoms with Gasteiger partial charge in [-0.1, -0.05) is 0 Å². The molecule has 2 heterocycles. The molecule has 1 unspecified atom stereocenters. The summed E-state index contributed by atoms with van der Waals surface area (Å²) < 4.78 is 1.74. The number of nitrogens with one attached hydrogen (secondary N) is 2. The number of hydrogen-bond donors (Lipinski definition) is 6. The van der Waals surface area contributed by atoms with E-state index >= 15 is 0 Å². The fourth-order valence-electron chi connectivity index (χ4n) is 4.92. The molecule has 4 amide bonds. The van der Waals surface area contributed by atoms with Crippen LogP contribution in [0, 0.1) is 0 Å². The van der Waals surface area contributed by atoms with E-state index in [0.717, 1.165) is 5.71 Å². The second-order valence-corrected chi connectivity index (χ2v) is 10.1. The Morgan fingerprint density at radius 1 is 1.07 bits per heavy atom. The van der Waals surface area contributed by atoms with Crippen molar-refractivity contribution in [3.8, 4) is 0 Å². The molecule has 15 heteroatoms. The minimum Gasteiger partial charge on any atom is -0.397 e. The van der Waals surface area contributed by atoms with E-state index in [-0.39, 0.29) is 49.2 Å². The van der Waals surface area contributed by atoms with Gasteiger partial charge in [0.2, 0.25) is 23.7 Å². The molecule has 9 N–H and O–H groups in total. The highest BCUT2D eigenvalue weighted by molar-refractivity contribution is 6.01. The van der Waals surface area contributed by atoms with Crippen LogP contribution in [0.4, 0.5) is 17.3 Å². The van der Waals surface area contributed by atoms with Gasteiger partial charge < -0.3 is 37.1 Å². The maximum Gasteiger partial charge on any atom is 0.251 e. The molecule has 15 nitrogen and oxygen atoms in total. The third kappa shape index (κ3) is 7.01. The Bertz CT molecular complexity index is 1580. The van der Waals surface area contributed by atoms with Crippen molar-refractivity contribution in [3.63, 3.8) is 0 Å². The second-order valence-electron chi connectivity index (χ2n) is 10.1. The van der Waals surface area contributed by atoms with Crippen molar-refractivity contribution in [1.29, 1.82) is 0 Å². The van der Waals surface area contributed by atoms with Gasteiger partial charge in [-0.25, -0.2) is 4.98 Å². The van der Waals surface area contributed by atoms with Crippen molar-refractivity contribution >= 4 is 57.7 Å². The normalized spacial score (nSPS) is 14.4. The molecular formula is C28H36N10O5. The van der Waals surface area contributed by atoms with E-state index in [1.54, 1.807) is 39.9 Å². The summed E-state index contributed by atoms with van der Waals surface area (Å²) in [5, 5.41) is 21.8. The Labute approximate surface area is 247 Å². The number of amides is 4. The zero-order chi connectivity index (χ0) is 31.3. The number of hydrogen-bond acceptors (Lipinski definition) is 10. The van der Waals surface area contributed by atoms with Gasteiger partial charge in [0.05, 0.1) is 22.4 Å². The molecule has 0 spiro atoms. The van der Waals surface area contributed by atoms with E-state index < -0.39 is 30.4 Å². The van der Waals surface area contributed by atoms with Gasteiger partial charge in [0.25, 0.3) is 5.91 Å². The van der Waals surface area contributed by atoms with Crippen LogP contribution >= 0.6 is 0 Å². The number of aliphatic hydroxyl groups is 1. The van der Waals surface area contributed by atoms with Gasteiger partial charge in [0.1, 0.15) is 12.6 Å². The predicted octanol–water partition coefficient (Wildman–Crippen LogP) is 0.158. The summed E-state index contributed by atoms with van der Waals surface area (Å²) in [6, 6.07) is 8.91. The van der Waals surface area contributed by atoms with E-state index in [4.69, 9.17) is 17.2 Å². The standard InChI is InChI=1S/C28H36N10O5/c1-3-38-23(12-16(2)35-38)27(43)34-28-33-21-14-18(26(31)42)5-7-22(21)37(28)11-10-36(24(40)15-39)9-8-32-20-6-4-17(25(30)41)13-19(20)29/h4-7,13-14,23,32,39H,3,8-12,15,29H2,1-2H3,(H2,30,41)(H2,31,42)(H,33,34,43). The van der Waals surface area contributed by atoms with E-state index in [2.05, 4.69) is 20.7 Å². The summed E-state index contributed by atoms with van der Waals surface area (Å²) >= 11 is 0. The van der Waals surface area contributed by atoms with Gasteiger partial charge in [-0.2, -0.15) is 5.10 Å². The first-order valence-corrected chi connectivity index (χ1v) is 13.8. The topological polar surface area (TPSA) is 227 Å². The first-order valence-electron chi connectivity index (χ1n) is 13.8. The largest absolute Gasteiger partial charge is 0.397 e. The third-order valence-corrected chi connectivity index (χ3v) is 7.16. The Balaban J connectivity index is 1.53. The van der Waals surface area contributed by atoms with Crippen molar-refractivity contribution in [2.75, 3.05) is 49.2 Å². The summed E-state index contributed by atoms with van der Waals surface area (Å²) in [5.41, 5.74) is 20.1. The number of nitrogens with zero attached hydrogens (tertiary/aromatic N) is 5. The van der Waals surface area contributed by atoms with Gasteiger partial charge >= 0.3 is 0 Å². The minimum absolute atomic E-state index is 0.163. The molecule has 0 saturated carbocycles. The first kappa shape index (κ1) is 30.8. The van der Waals surface area contributed by atoms with E-state index in [1.165, 1.54) is 11.0 Å². The fourth-order valence-corrected chi connectivity index (χ4v) is 4.92. The number of primary amides is 2. The molecule has 1 aliphatic heterocycles. The Hall–Kier alpha value is -5.18. The van der Waals surface area contributed by atoms with Crippen LogP contribution in [0.5, 0.6) is 0 Å². The van der Waals surface area contributed by atoms with Crippen LogP contribution < -0.4 is 27.8 Å². The van der Waals surface area contributed by atoms with Crippen molar-refractivity contribution in [2.45, 2.75) is 32.9 Å². The van der Waals surface area contributed by atoms with Gasteiger partial charge in [0, 0.05) is 56.0 Å². The molecule has 1 aromatic heterocycles. The Morgan fingerprint density at radius 3 is 2.42 bits per heavy atom. The monoisotopic (exact) mass is 592 g/mol. The highest BCUT2D eigenvalue weighted by Gasteiger charge is 2.31. The third-order valence-electron chi connectivity index (χ3n) is 7.16. The lowest BCUT2D eigenvalue weighted by Gasteiger charge is -2.24. The summed E-state index contributed by atoms with van der Waals surface area (Å²) in [4.78, 5) is 55.1. The molecule has 3 aromatic rings. The molecule has 0 saturated heterocycles. The summed E-state index contributed by atoms with van der Waals surface area (Å²) in [6.45, 7) is 4.51. The Morgan fingerprint density at radius 2 is 1.77 bits per heavy atom. The number of imidazole rings is 1. The SMILES string of the molecule is CCN1N=C(C)CC1C(=O)Nc1nc2cc(C(N)=O)ccc2n1CCN(CCNc1ccc(C(N)=O)cc1N)C(=O)CO. The van der Waals surface area contributed by atoms with Crippen molar-refractivity contribution in [2.24, 2.45) is 16.6 Å². The number of rotatable bonds is 13. The van der Waals surface area contributed by atoms with Crippen molar-refractivity contribution in [3.05, 3.63) is 47.5 Å². The number of benzene rings is 2. The zero-order valence-corrected chi connectivity index (χ0v) is 24.0. The zero-order valence-electron chi connectivity index (χ0n) is 24.0. The second kappa shape index (κ2) is 13.2. The number of carbonyl (C=O) groups is 4. The van der Waals surface area contributed by atoms with Crippen LogP contribution in [0.15, 0.2) is 41.5 Å². The quantitative estimate of drug-likeness (QED) is 0.148. The predicted molar refractivity (Wildman–Crippen MR) is 162 cm³/mol.